The van der Waals surface area contributed by atoms with Gasteiger partial charge in [0, 0.05) is 6.42 Å². The molecular weight excluding hydrogens is 216 g/mol. The van der Waals surface area contributed by atoms with Gasteiger partial charge in [0.05, 0.1) is 5.41 Å². The molecule has 2 aliphatic rings. The molecule has 2 rings (SSSR count). The normalized spacial score (nSPS) is 38.6. The van der Waals surface area contributed by atoms with Crippen LogP contribution in [0, 0.1) is 16.7 Å². The number of rotatable bonds is 2. The van der Waals surface area contributed by atoms with Crippen molar-refractivity contribution < 1.29 is 17.8 Å². The van der Waals surface area contributed by atoms with Gasteiger partial charge in [-0.3, -0.25) is 4.79 Å². The summed E-state index contributed by atoms with van der Waals surface area (Å²) >= 11 is 0. The fourth-order valence-electron chi connectivity index (χ4n) is 3.43. The van der Waals surface area contributed by atoms with Crippen LogP contribution in [0.15, 0.2) is 0 Å². The maximum atomic E-state index is 11.9. The minimum atomic E-state index is -3.83. The van der Waals surface area contributed by atoms with Crippen molar-refractivity contribution in [2.75, 3.05) is 5.75 Å². The zero-order valence-corrected chi connectivity index (χ0v) is 9.86. The second-order valence-corrected chi connectivity index (χ2v) is 6.94. The van der Waals surface area contributed by atoms with E-state index in [9.17, 15) is 13.2 Å². The van der Waals surface area contributed by atoms with Gasteiger partial charge in [-0.25, -0.2) is 0 Å². The minimum absolute atomic E-state index is 0.0552. The van der Waals surface area contributed by atoms with E-state index in [0.29, 0.717) is 18.8 Å². The van der Waals surface area contributed by atoms with Crippen LogP contribution in [-0.2, 0) is 14.9 Å². The third-order valence-electron chi connectivity index (χ3n) is 4.58. The summed E-state index contributed by atoms with van der Waals surface area (Å²) in [6.45, 7) is 3.95. The van der Waals surface area contributed by atoms with Crippen LogP contribution in [0.4, 0.5) is 0 Å². The molecule has 86 valence electrons. The first-order chi connectivity index (χ1) is 6.69. The third-order valence-corrected chi connectivity index (χ3v) is 5.45. The molecule has 0 saturated heterocycles. The predicted octanol–water partition coefficient (Wildman–Crippen LogP) is 0.436. The van der Waals surface area contributed by atoms with Crippen LogP contribution in [0.2, 0.25) is 0 Å². The number of hydrogen-bond acceptors (Lipinski definition) is 3. The van der Waals surface area contributed by atoms with Crippen molar-refractivity contribution in [3.8, 4) is 0 Å². The molecule has 4 nitrogen and oxygen atoms in total. The predicted molar refractivity (Wildman–Crippen MR) is 56.0 cm³/mol. The highest BCUT2D eigenvalue weighted by Gasteiger charge is 2.65. The van der Waals surface area contributed by atoms with Crippen LogP contribution >= 0.6 is 0 Å². The Kier molecular flexibility index (Phi) is 2.09. The molecule has 15 heavy (non-hydrogen) atoms. The smallest absolute Gasteiger partial charge is 0.333 e. The van der Waals surface area contributed by atoms with E-state index in [4.69, 9.17) is 4.55 Å². The lowest BCUT2D eigenvalue weighted by atomic mass is 9.70. The molecule has 0 aromatic carbocycles. The van der Waals surface area contributed by atoms with Gasteiger partial charge in [0.15, 0.2) is 0 Å². The van der Waals surface area contributed by atoms with E-state index in [2.05, 4.69) is 0 Å². The van der Waals surface area contributed by atoms with Gasteiger partial charge < -0.3 is 4.55 Å². The lowest BCUT2D eigenvalue weighted by Crippen LogP contribution is -2.42. The summed E-state index contributed by atoms with van der Waals surface area (Å²) in [5, 5.41) is 0. The van der Waals surface area contributed by atoms with Crippen LogP contribution < -0.4 is 0 Å². The lowest BCUT2D eigenvalue weighted by molar-refractivity contribution is -0.128. The van der Waals surface area contributed by atoms with E-state index in [1.165, 1.54) is 0 Å². The SMILES string of the molecule is CC1(C)[C@H]2CC[C@]1(CS(=O)(=O)[OH2+])C(=O)C2. The summed E-state index contributed by atoms with van der Waals surface area (Å²) in [7, 11) is -3.83. The Morgan fingerprint density at radius 2 is 2.07 bits per heavy atom. The van der Waals surface area contributed by atoms with Crippen molar-refractivity contribution in [2.24, 2.45) is 16.7 Å². The van der Waals surface area contributed by atoms with Gasteiger partial charge in [-0.05, 0) is 24.2 Å². The maximum Gasteiger partial charge on any atom is 0.379 e. The zero-order valence-electron chi connectivity index (χ0n) is 9.04. The van der Waals surface area contributed by atoms with Crippen molar-refractivity contribution in [1.82, 2.24) is 0 Å². The van der Waals surface area contributed by atoms with Gasteiger partial charge in [0.1, 0.15) is 11.5 Å². The first-order valence-electron chi connectivity index (χ1n) is 5.20. The Bertz CT molecular complexity index is 409. The molecule has 0 aromatic heterocycles. The van der Waals surface area contributed by atoms with Gasteiger partial charge >= 0.3 is 10.1 Å². The molecule has 2 atom stereocenters. The largest absolute Gasteiger partial charge is 0.379 e. The van der Waals surface area contributed by atoms with E-state index in [1.54, 1.807) is 0 Å². The standard InChI is InChI=1S/C10H16O4S/c1-9(2)7-3-4-10(9,8(11)5-7)6-15(12,13)14/h7H,3-6H2,1-2H3,(H,12,13,14)/p+1/t7-,10-/m0/s1. The van der Waals surface area contributed by atoms with E-state index in [1.807, 2.05) is 13.8 Å². The van der Waals surface area contributed by atoms with Crippen LogP contribution in [0.25, 0.3) is 0 Å². The van der Waals surface area contributed by atoms with Gasteiger partial charge in [0.2, 0.25) is 0 Å². The Hall–Kier alpha value is -0.420. The Balaban J connectivity index is 2.45. The lowest BCUT2D eigenvalue weighted by Gasteiger charge is -2.34. The molecule has 2 saturated carbocycles. The molecule has 2 fully saturated rings. The Morgan fingerprint density at radius 1 is 1.47 bits per heavy atom. The van der Waals surface area contributed by atoms with Crippen LogP contribution in [-0.4, -0.2) is 24.5 Å². The van der Waals surface area contributed by atoms with E-state index in [-0.39, 0.29) is 17.0 Å². The molecule has 0 heterocycles. The highest BCUT2D eigenvalue weighted by Crippen LogP contribution is 2.64. The van der Waals surface area contributed by atoms with Crippen molar-refractivity contribution in [2.45, 2.75) is 33.1 Å². The topological polar surface area (TPSA) is 74.1 Å². The summed E-state index contributed by atoms with van der Waals surface area (Å²) in [6, 6.07) is 0. The van der Waals surface area contributed by atoms with E-state index in [0.717, 1.165) is 6.42 Å². The second-order valence-electron chi connectivity index (χ2n) is 5.43. The molecular formula is C10H17O4S+. The highest BCUT2D eigenvalue weighted by molar-refractivity contribution is 7.85. The van der Waals surface area contributed by atoms with Crippen LogP contribution in [0.5, 0.6) is 0 Å². The molecule has 0 spiro atoms. The fraction of sp³-hybridized carbons (Fsp3) is 0.900. The van der Waals surface area contributed by atoms with Crippen molar-refractivity contribution in [1.29, 1.82) is 0 Å². The molecule has 0 unspecified atom stereocenters. The zero-order chi connectivity index (χ0) is 11.5. The molecule has 2 bridgehead atoms. The summed E-state index contributed by atoms with van der Waals surface area (Å²) in [4.78, 5) is 11.9. The average molecular weight is 233 g/mol. The molecule has 0 amide bonds. The summed E-state index contributed by atoms with van der Waals surface area (Å²) in [5.74, 6) is 0.0776. The van der Waals surface area contributed by atoms with E-state index >= 15 is 0 Å². The molecule has 2 aliphatic carbocycles. The molecule has 0 aromatic rings. The van der Waals surface area contributed by atoms with Gasteiger partial charge in [-0.1, -0.05) is 13.8 Å². The number of ketones is 1. The second kappa shape index (κ2) is 2.83. The van der Waals surface area contributed by atoms with Crippen molar-refractivity contribution in [3.63, 3.8) is 0 Å². The number of hydrogen-bond donors (Lipinski definition) is 0. The maximum absolute atomic E-state index is 11.9. The molecule has 0 aliphatic heterocycles. The fourth-order valence-corrected chi connectivity index (χ4v) is 4.76. The third kappa shape index (κ3) is 1.36. The van der Waals surface area contributed by atoms with Gasteiger partial charge in [0.25, 0.3) is 0 Å². The van der Waals surface area contributed by atoms with Crippen molar-refractivity contribution >= 4 is 15.9 Å². The molecule has 5 heteroatoms. The number of fused-ring (bicyclic) bond motifs is 2. The van der Waals surface area contributed by atoms with Crippen LogP contribution in [0.3, 0.4) is 0 Å². The molecule has 2 N–H and O–H groups in total. The van der Waals surface area contributed by atoms with Gasteiger partial charge in [-0.2, -0.15) is 8.42 Å². The van der Waals surface area contributed by atoms with Crippen LogP contribution in [0.1, 0.15) is 33.1 Å². The molecule has 0 radical (unpaired) electrons. The quantitative estimate of drug-likeness (QED) is 0.649. The summed E-state index contributed by atoms with van der Waals surface area (Å²) in [6.07, 6.45) is 2.07. The minimum Gasteiger partial charge on any atom is -0.333 e. The average Bonchev–Trinajstić information content (AvgIpc) is 2.34. The first kappa shape index (κ1) is 11.1. The number of carbonyl (C=O) groups excluding carboxylic acids is 1. The summed E-state index contributed by atoms with van der Waals surface area (Å²) in [5.41, 5.74) is -1.02. The highest BCUT2D eigenvalue weighted by atomic mass is 32.2. The monoisotopic (exact) mass is 233 g/mol. The Labute approximate surface area is 89.8 Å². The van der Waals surface area contributed by atoms with Gasteiger partial charge in [-0.15, -0.1) is 0 Å². The Morgan fingerprint density at radius 3 is 2.40 bits per heavy atom. The number of carbonyl (C=O) groups is 1. The van der Waals surface area contributed by atoms with Crippen molar-refractivity contribution in [3.05, 3.63) is 0 Å². The first-order valence-corrected chi connectivity index (χ1v) is 6.85. The summed E-state index contributed by atoms with van der Waals surface area (Å²) < 4.78 is 29.3. The van der Waals surface area contributed by atoms with E-state index < -0.39 is 15.5 Å². The number of Topliss-reactive ketones (excluding diaryl/α,β-unsaturated/α-hetero) is 1.